The number of ether oxygens (including phenoxy) is 2. The van der Waals surface area contributed by atoms with E-state index in [-0.39, 0.29) is 0 Å². The highest BCUT2D eigenvalue weighted by Gasteiger charge is 2.12. The van der Waals surface area contributed by atoms with Crippen LogP contribution in [0.2, 0.25) is 0 Å². The summed E-state index contributed by atoms with van der Waals surface area (Å²) in [6.07, 6.45) is 0. The van der Waals surface area contributed by atoms with Crippen molar-refractivity contribution in [1.82, 2.24) is 9.97 Å². The molecule has 3 aromatic rings. The van der Waals surface area contributed by atoms with E-state index in [2.05, 4.69) is 25.9 Å². The van der Waals surface area contributed by atoms with Crippen molar-refractivity contribution in [3.8, 4) is 23.0 Å². The van der Waals surface area contributed by atoms with E-state index in [0.29, 0.717) is 28.6 Å². The second kappa shape index (κ2) is 5.13. The molecule has 0 radical (unpaired) electrons. The van der Waals surface area contributed by atoms with Gasteiger partial charge in [0.15, 0.2) is 22.7 Å². The minimum Gasteiger partial charge on any atom is -0.493 e. The number of oxazole rings is 1. The van der Waals surface area contributed by atoms with Crippen LogP contribution in [0.15, 0.2) is 39.4 Å². The molecule has 102 valence electrons. The van der Waals surface area contributed by atoms with Gasteiger partial charge < -0.3 is 13.9 Å². The second-order valence-electron chi connectivity index (χ2n) is 4.04. The van der Waals surface area contributed by atoms with Gasteiger partial charge in [0.25, 0.3) is 0 Å². The molecule has 3 rings (SSSR count). The maximum atomic E-state index is 5.69. The van der Waals surface area contributed by atoms with Gasteiger partial charge in [0, 0.05) is 5.56 Å². The summed E-state index contributed by atoms with van der Waals surface area (Å²) in [6, 6.07) is 9.13. The van der Waals surface area contributed by atoms with Gasteiger partial charge in [0.05, 0.1) is 14.2 Å². The van der Waals surface area contributed by atoms with Gasteiger partial charge in [0.1, 0.15) is 4.60 Å². The molecule has 0 aliphatic rings. The fourth-order valence-corrected chi connectivity index (χ4v) is 2.19. The van der Waals surface area contributed by atoms with E-state index in [4.69, 9.17) is 13.9 Å². The summed E-state index contributed by atoms with van der Waals surface area (Å²) >= 11 is 3.31. The standard InChI is InChI=1S/C14H11BrN2O3/c1-18-9-4-3-8(7-11(9)19-2)14-17-13-10(20-14)5-6-12(15)16-13/h3-7H,1-2H3. The Morgan fingerprint density at radius 1 is 1.00 bits per heavy atom. The number of fused-ring (bicyclic) bond motifs is 1. The minimum absolute atomic E-state index is 0.492. The van der Waals surface area contributed by atoms with Crippen LogP contribution in [0.25, 0.3) is 22.7 Å². The van der Waals surface area contributed by atoms with Gasteiger partial charge in [-0.3, -0.25) is 0 Å². The molecule has 0 saturated carbocycles. The van der Waals surface area contributed by atoms with Crippen LogP contribution in [0, 0.1) is 0 Å². The van der Waals surface area contributed by atoms with Crippen LogP contribution < -0.4 is 9.47 Å². The van der Waals surface area contributed by atoms with E-state index >= 15 is 0 Å². The molecule has 0 aliphatic heterocycles. The Balaban J connectivity index is 2.10. The zero-order valence-electron chi connectivity index (χ0n) is 10.9. The monoisotopic (exact) mass is 334 g/mol. The average molecular weight is 335 g/mol. The lowest BCUT2D eigenvalue weighted by atomic mass is 10.2. The number of nitrogens with zero attached hydrogens (tertiary/aromatic N) is 2. The Hall–Kier alpha value is -2.08. The van der Waals surface area contributed by atoms with Gasteiger partial charge in [-0.2, -0.15) is 4.98 Å². The molecular formula is C14H11BrN2O3. The summed E-state index contributed by atoms with van der Waals surface area (Å²) in [7, 11) is 3.19. The van der Waals surface area contributed by atoms with Crippen molar-refractivity contribution in [3.63, 3.8) is 0 Å². The summed E-state index contributed by atoms with van der Waals surface area (Å²) < 4.78 is 16.9. The molecule has 0 N–H and O–H groups in total. The third-order valence-electron chi connectivity index (χ3n) is 2.85. The largest absolute Gasteiger partial charge is 0.493 e. The number of rotatable bonds is 3. The quantitative estimate of drug-likeness (QED) is 0.684. The van der Waals surface area contributed by atoms with Gasteiger partial charge in [0.2, 0.25) is 5.89 Å². The van der Waals surface area contributed by atoms with Gasteiger partial charge in [-0.25, -0.2) is 4.98 Å². The van der Waals surface area contributed by atoms with Crippen molar-refractivity contribution >= 4 is 27.2 Å². The van der Waals surface area contributed by atoms with Gasteiger partial charge in [-0.1, -0.05) is 0 Å². The van der Waals surface area contributed by atoms with E-state index in [1.807, 2.05) is 30.3 Å². The average Bonchev–Trinajstić information content (AvgIpc) is 2.89. The van der Waals surface area contributed by atoms with Crippen molar-refractivity contribution in [2.75, 3.05) is 14.2 Å². The number of pyridine rings is 1. The molecule has 0 bridgehead atoms. The highest BCUT2D eigenvalue weighted by atomic mass is 79.9. The molecular weight excluding hydrogens is 324 g/mol. The van der Waals surface area contributed by atoms with E-state index in [0.717, 1.165) is 10.2 Å². The number of methoxy groups -OCH3 is 2. The Labute approximate surface area is 123 Å². The van der Waals surface area contributed by atoms with Crippen molar-refractivity contribution in [2.45, 2.75) is 0 Å². The predicted octanol–water partition coefficient (Wildman–Crippen LogP) is 3.67. The molecule has 6 heteroatoms. The summed E-state index contributed by atoms with van der Waals surface area (Å²) in [4.78, 5) is 8.62. The van der Waals surface area contributed by atoms with Crippen LogP contribution in [0.5, 0.6) is 11.5 Å². The molecule has 0 amide bonds. The van der Waals surface area contributed by atoms with E-state index in [1.54, 1.807) is 14.2 Å². The van der Waals surface area contributed by atoms with Crippen LogP contribution in [-0.4, -0.2) is 24.2 Å². The lowest BCUT2D eigenvalue weighted by Gasteiger charge is -2.07. The Bertz CT molecular complexity index is 770. The molecule has 2 aromatic heterocycles. The molecule has 0 saturated heterocycles. The van der Waals surface area contributed by atoms with Gasteiger partial charge in [-0.15, -0.1) is 0 Å². The molecule has 0 atom stereocenters. The summed E-state index contributed by atoms with van der Waals surface area (Å²) in [6.45, 7) is 0. The van der Waals surface area contributed by atoms with Crippen LogP contribution in [0.3, 0.4) is 0 Å². The molecule has 1 aromatic carbocycles. The first kappa shape index (κ1) is 12.9. The van der Waals surface area contributed by atoms with Gasteiger partial charge >= 0.3 is 0 Å². The maximum absolute atomic E-state index is 5.69. The maximum Gasteiger partial charge on any atom is 0.229 e. The third-order valence-corrected chi connectivity index (χ3v) is 3.29. The molecule has 20 heavy (non-hydrogen) atoms. The fourth-order valence-electron chi connectivity index (χ4n) is 1.89. The molecule has 0 spiro atoms. The Kier molecular flexibility index (Phi) is 3.31. The second-order valence-corrected chi connectivity index (χ2v) is 4.86. The number of benzene rings is 1. The Morgan fingerprint density at radius 2 is 1.80 bits per heavy atom. The van der Waals surface area contributed by atoms with Gasteiger partial charge in [-0.05, 0) is 46.3 Å². The molecule has 0 fully saturated rings. The number of aromatic nitrogens is 2. The van der Waals surface area contributed by atoms with Crippen LogP contribution in [0.4, 0.5) is 0 Å². The fraction of sp³-hybridized carbons (Fsp3) is 0.143. The highest BCUT2D eigenvalue weighted by molar-refractivity contribution is 9.10. The van der Waals surface area contributed by atoms with Crippen molar-refractivity contribution in [3.05, 3.63) is 34.9 Å². The lowest BCUT2D eigenvalue weighted by molar-refractivity contribution is 0.355. The van der Waals surface area contributed by atoms with E-state index in [9.17, 15) is 0 Å². The zero-order valence-corrected chi connectivity index (χ0v) is 12.5. The number of halogens is 1. The summed E-state index contributed by atoms with van der Waals surface area (Å²) in [5.41, 5.74) is 2.00. The number of hydrogen-bond acceptors (Lipinski definition) is 5. The van der Waals surface area contributed by atoms with Crippen LogP contribution >= 0.6 is 15.9 Å². The summed E-state index contributed by atoms with van der Waals surface area (Å²) in [5, 5.41) is 0. The first-order valence-corrected chi connectivity index (χ1v) is 6.66. The molecule has 5 nitrogen and oxygen atoms in total. The smallest absolute Gasteiger partial charge is 0.229 e. The van der Waals surface area contributed by atoms with E-state index in [1.165, 1.54) is 0 Å². The Morgan fingerprint density at radius 3 is 2.55 bits per heavy atom. The minimum atomic E-state index is 0.492. The SMILES string of the molecule is COc1ccc(-c2nc3nc(Br)ccc3o2)cc1OC. The van der Waals surface area contributed by atoms with Crippen LogP contribution in [0.1, 0.15) is 0 Å². The number of hydrogen-bond donors (Lipinski definition) is 0. The zero-order chi connectivity index (χ0) is 14.1. The van der Waals surface area contributed by atoms with E-state index < -0.39 is 0 Å². The highest BCUT2D eigenvalue weighted by Crippen LogP contribution is 2.33. The molecule has 0 unspecified atom stereocenters. The first-order chi connectivity index (χ1) is 9.71. The van der Waals surface area contributed by atoms with Crippen molar-refractivity contribution < 1.29 is 13.9 Å². The van der Waals surface area contributed by atoms with Crippen LogP contribution in [-0.2, 0) is 0 Å². The van der Waals surface area contributed by atoms with Crippen molar-refractivity contribution in [2.24, 2.45) is 0 Å². The first-order valence-electron chi connectivity index (χ1n) is 5.87. The van der Waals surface area contributed by atoms with Crippen molar-refractivity contribution in [1.29, 1.82) is 0 Å². The lowest BCUT2D eigenvalue weighted by Crippen LogP contribution is -1.90. The molecule has 2 heterocycles. The summed E-state index contributed by atoms with van der Waals surface area (Å²) in [5.74, 6) is 1.78. The third kappa shape index (κ3) is 2.22. The predicted molar refractivity (Wildman–Crippen MR) is 78.0 cm³/mol. The molecule has 0 aliphatic carbocycles. The topological polar surface area (TPSA) is 57.4 Å². The normalized spacial score (nSPS) is 10.8.